The number of carbonyl (C=O) groups excluding carboxylic acids is 11. The average Bonchev–Trinajstić information content (AvgIpc) is 1.52. The number of urea groups is 1. The molecule has 13 atom stereocenters. The summed E-state index contributed by atoms with van der Waals surface area (Å²) in [5.74, 6) is -5.74. The van der Waals surface area contributed by atoms with Crippen molar-refractivity contribution in [2.75, 3.05) is 53.3 Å². The van der Waals surface area contributed by atoms with Crippen LogP contribution in [0.15, 0.2) is 102 Å². The molecule has 27 heteroatoms. The summed E-state index contributed by atoms with van der Waals surface area (Å²) in [7, 11) is 6.09. The lowest BCUT2D eigenvalue weighted by molar-refractivity contribution is -0.148. The number of thioether (sulfide) groups is 1. The van der Waals surface area contributed by atoms with Crippen LogP contribution in [0.4, 0.5) is 15.3 Å². The maximum absolute atomic E-state index is 14.9. The maximum Gasteiger partial charge on any atom is 0.410 e. The Morgan fingerprint density at radius 2 is 1.40 bits per heavy atom. The number of aliphatic hydroxyl groups excluding tert-OH is 1. The molecular weight excluding hydrogens is 1350 g/mol. The molecular formula is C77H115N11O15S. The molecule has 2 aromatic rings. The number of primary amides is 1. The van der Waals surface area contributed by atoms with Crippen LogP contribution in [0.2, 0.25) is 0 Å². The molecule has 104 heavy (non-hydrogen) atoms. The molecule has 2 aliphatic heterocycles. The van der Waals surface area contributed by atoms with Crippen LogP contribution >= 0.6 is 11.8 Å². The fourth-order valence-electron chi connectivity index (χ4n) is 13.3. The van der Waals surface area contributed by atoms with E-state index in [1.165, 1.54) is 42.8 Å². The van der Waals surface area contributed by atoms with Gasteiger partial charge in [-0.1, -0.05) is 160 Å². The molecule has 9 N–H and O–H groups in total. The third-order valence-corrected chi connectivity index (χ3v) is 20.8. The first-order valence-corrected chi connectivity index (χ1v) is 37.4. The van der Waals surface area contributed by atoms with Gasteiger partial charge in [0.15, 0.2) is 0 Å². The highest BCUT2D eigenvalue weighted by Crippen LogP contribution is 2.34. The van der Waals surface area contributed by atoms with Crippen LogP contribution in [0.5, 0.6) is 0 Å². The number of hydrogen-bond acceptors (Lipinski definition) is 16. The predicted octanol–water partition coefficient (Wildman–Crippen LogP) is 7.97. The first kappa shape index (κ1) is 86.2. The molecule has 26 nitrogen and oxygen atoms in total. The molecule has 3 aliphatic rings. The number of nitrogens with zero attached hydrogens (tertiary/aromatic N) is 4. The second-order valence-corrected chi connectivity index (χ2v) is 29.7. The van der Waals surface area contributed by atoms with Gasteiger partial charge in [-0.3, -0.25) is 53.0 Å². The Morgan fingerprint density at radius 1 is 0.731 bits per heavy atom. The molecule has 0 aromatic heterocycles. The first-order valence-electron chi connectivity index (χ1n) is 36.5. The molecule has 2 heterocycles. The summed E-state index contributed by atoms with van der Waals surface area (Å²) in [6.45, 7) is 18.6. The van der Waals surface area contributed by atoms with Crippen molar-refractivity contribution in [3.05, 3.63) is 113 Å². The van der Waals surface area contributed by atoms with E-state index in [2.05, 4.69) is 31.9 Å². The standard InChI is InChI=1S/C77H115N11O15S/c1-15-50(8)67(59(101-13)44-62(90)87-43-29-35-58(87)69(102-14)51(9)70(93)80-52(10)68(92)54-30-22-20-23-31-54)85(11)75(98)65(48(4)5)84-73(96)66(49(6)7)86(12)77(100)103-46-53-37-39-55(40-38-53)81-71(94)57(34-28-41-79-76(78)99)82-72(95)64(47(2)3)83-61(89)36-26-21-27-42-88-63(91)45-60(74(88)97)104-56-32-24-18-16-17-19-25-33-56/h16-20,22-25,30-32,37-40,47-52,57-60,64-69,92H,15,21,26-29,33-36,41-46H2,1-14H3,(H,80,93)(H,81,94)(H,82,95)(H,83,89)(H,84,96)(H3,78,79,99)/b17-16-,24-18-,25-19-,56-32+/t50-,51+,52+,57-,58-,59+,60?,64-,65-,66-,67-,68+,69+/m0/s1. The van der Waals surface area contributed by atoms with E-state index in [1.807, 2.05) is 74.6 Å². The van der Waals surface area contributed by atoms with Crippen molar-refractivity contribution in [3.8, 4) is 0 Å². The molecule has 0 spiro atoms. The Bertz CT molecular complexity index is 3330. The zero-order chi connectivity index (χ0) is 76.9. The highest BCUT2D eigenvalue weighted by atomic mass is 32.2. The van der Waals surface area contributed by atoms with Gasteiger partial charge in [-0.15, -0.1) is 11.8 Å². The topological polar surface area (TPSA) is 347 Å². The van der Waals surface area contributed by atoms with E-state index in [0.717, 1.165) is 4.91 Å². The highest BCUT2D eigenvalue weighted by molar-refractivity contribution is 8.04. The number of methoxy groups -OCH3 is 2. The smallest absolute Gasteiger partial charge is 0.410 e. The van der Waals surface area contributed by atoms with Gasteiger partial charge in [0.2, 0.25) is 53.2 Å². The number of benzene rings is 2. The normalized spacial score (nSPS) is 19.9. The number of likely N-dealkylation sites (N-methyl/N-ethyl adjacent to an activating group) is 2. The van der Waals surface area contributed by atoms with E-state index in [0.29, 0.717) is 68.3 Å². The third kappa shape index (κ3) is 25.7. The molecule has 5 rings (SSSR count). The summed E-state index contributed by atoms with van der Waals surface area (Å²) in [6, 6.07) is 8.72. The number of rotatable bonds is 40. The van der Waals surface area contributed by atoms with Crippen LogP contribution < -0.4 is 37.6 Å². The summed E-state index contributed by atoms with van der Waals surface area (Å²) < 4.78 is 17.8. The predicted molar refractivity (Wildman–Crippen MR) is 400 cm³/mol. The lowest BCUT2D eigenvalue weighted by Gasteiger charge is -2.41. The summed E-state index contributed by atoms with van der Waals surface area (Å²) in [4.78, 5) is 157. The summed E-state index contributed by atoms with van der Waals surface area (Å²) in [5, 5.41) is 27.3. The van der Waals surface area contributed by atoms with Gasteiger partial charge in [-0.05, 0) is 104 Å². The van der Waals surface area contributed by atoms with Crippen LogP contribution in [0, 0.1) is 29.6 Å². The number of allylic oxidation sites excluding steroid dienone is 8. The molecule has 0 radical (unpaired) electrons. The van der Waals surface area contributed by atoms with Crippen molar-refractivity contribution in [3.63, 3.8) is 0 Å². The number of aliphatic hydroxyl groups is 1. The SMILES string of the molecule is CC[C@H](C)[C@@H]([C@@H](CC(=O)N1CCC[C@H]1[C@H](OC)[C@@H](C)C(=O)N[C@H](C)[C@@H](O)c1ccccc1)OC)N(C)C(=O)[C@@H](NC(=O)[C@H](C(C)C)N(C)C(=O)OCc1ccc(NC(=O)[C@H](CCCNC(N)=O)NC(=O)[C@@H](NC(=O)CCCCCN2C(=O)CC(S/C3=C/C=C\C=C/C=C\C3)C2=O)C(C)C)cc1)C(C)C. The Balaban J connectivity index is 1.15. The zero-order valence-corrected chi connectivity index (χ0v) is 64.0. The lowest BCUT2D eigenvalue weighted by atomic mass is 9.89. The highest BCUT2D eigenvalue weighted by Gasteiger charge is 2.45. The number of nitrogens with one attached hydrogen (secondary N) is 6. The van der Waals surface area contributed by atoms with Gasteiger partial charge < -0.3 is 66.8 Å². The van der Waals surface area contributed by atoms with Crippen molar-refractivity contribution >= 4 is 82.7 Å². The molecule has 2 aromatic carbocycles. The van der Waals surface area contributed by atoms with Crippen molar-refractivity contribution in [2.45, 2.75) is 219 Å². The van der Waals surface area contributed by atoms with Crippen LogP contribution in [-0.4, -0.2) is 198 Å². The van der Waals surface area contributed by atoms with E-state index in [9.17, 15) is 57.8 Å². The van der Waals surface area contributed by atoms with E-state index in [1.54, 1.807) is 109 Å². The van der Waals surface area contributed by atoms with Crippen molar-refractivity contribution in [2.24, 2.45) is 35.3 Å². The quantitative estimate of drug-likeness (QED) is 0.0232. The van der Waals surface area contributed by atoms with Crippen molar-refractivity contribution < 1.29 is 72.1 Å². The van der Waals surface area contributed by atoms with E-state index >= 15 is 0 Å². The van der Waals surface area contributed by atoms with Crippen molar-refractivity contribution in [1.29, 1.82) is 0 Å². The minimum atomic E-state index is -1.13. The van der Waals surface area contributed by atoms with Gasteiger partial charge in [-0.25, -0.2) is 9.59 Å². The average molecular weight is 1470 g/mol. The number of amides is 12. The number of nitrogens with two attached hydrogens (primary N) is 1. The molecule has 1 unspecified atom stereocenters. The van der Waals surface area contributed by atoms with Gasteiger partial charge in [0.25, 0.3) is 0 Å². The molecule has 2 saturated heterocycles. The molecule has 12 amide bonds. The number of carbonyl (C=O) groups is 11. The fraction of sp³-hybridized carbons (Fsp3) is 0.597. The Morgan fingerprint density at radius 3 is 2.04 bits per heavy atom. The van der Waals surface area contributed by atoms with Crippen LogP contribution in [-0.2, 0) is 64.0 Å². The first-order chi connectivity index (χ1) is 49.4. The van der Waals surface area contributed by atoms with Gasteiger partial charge >= 0.3 is 12.1 Å². The summed E-state index contributed by atoms with van der Waals surface area (Å²) in [5.41, 5.74) is 6.81. The largest absolute Gasteiger partial charge is 0.445 e. The van der Waals surface area contributed by atoms with Crippen LogP contribution in [0.3, 0.4) is 0 Å². The van der Waals surface area contributed by atoms with Gasteiger partial charge in [0.1, 0.15) is 30.8 Å². The van der Waals surface area contributed by atoms with Crippen LogP contribution in [0.25, 0.3) is 0 Å². The Labute approximate surface area is 618 Å². The van der Waals surface area contributed by atoms with E-state index < -0.39 is 119 Å². The van der Waals surface area contributed by atoms with Gasteiger partial charge in [-0.2, -0.15) is 0 Å². The minimum absolute atomic E-state index is 0.0762. The van der Waals surface area contributed by atoms with Gasteiger partial charge in [0, 0.05) is 66.5 Å². The molecule has 0 bridgehead atoms. The number of anilines is 1. The second-order valence-electron chi connectivity index (χ2n) is 28.3. The number of ether oxygens (including phenoxy) is 3. The molecule has 1 aliphatic carbocycles. The van der Waals surface area contributed by atoms with Gasteiger partial charge in [0.05, 0.1) is 54.0 Å². The number of likely N-dealkylation sites (tertiary alicyclic amines) is 2. The van der Waals surface area contributed by atoms with Crippen LogP contribution in [0.1, 0.15) is 164 Å². The number of unbranched alkanes of at least 4 members (excludes halogenated alkanes) is 2. The summed E-state index contributed by atoms with van der Waals surface area (Å²) >= 11 is 1.41. The summed E-state index contributed by atoms with van der Waals surface area (Å²) in [6.07, 6.45) is 14.8. The molecule has 2 fully saturated rings. The molecule has 0 saturated carbocycles. The Hall–Kier alpha value is -8.40. The van der Waals surface area contributed by atoms with Crippen molar-refractivity contribution in [1.82, 2.24) is 46.2 Å². The minimum Gasteiger partial charge on any atom is -0.445 e. The second kappa shape index (κ2) is 43.1. The Kier molecular flexibility index (Phi) is 35.8. The van der Waals surface area contributed by atoms with E-state index in [4.69, 9.17) is 19.9 Å². The third-order valence-electron chi connectivity index (χ3n) is 19.5. The molecule has 574 valence electrons. The lowest BCUT2D eigenvalue weighted by Crippen LogP contribution is -2.60. The zero-order valence-electron chi connectivity index (χ0n) is 63.2. The fourth-order valence-corrected chi connectivity index (χ4v) is 14.5. The number of imide groups is 1. The van der Waals surface area contributed by atoms with E-state index in [-0.39, 0.29) is 93.2 Å². The maximum atomic E-state index is 14.9. The number of hydrogen-bond donors (Lipinski definition) is 8. The monoisotopic (exact) mass is 1470 g/mol.